The molecule has 0 radical (unpaired) electrons. The minimum absolute atomic E-state index is 0.617. The molecule has 0 aliphatic carbocycles. The molecule has 0 atom stereocenters. The number of hydrogen-bond acceptors (Lipinski definition) is 1. The van der Waals surface area contributed by atoms with Gasteiger partial charge in [-0.2, -0.15) is 0 Å². The zero-order valence-corrected chi connectivity index (χ0v) is 9.07. The van der Waals surface area contributed by atoms with E-state index in [9.17, 15) is 0 Å². The molecule has 0 aliphatic rings. The first kappa shape index (κ1) is 12.5. The van der Waals surface area contributed by atoms with E-state index >= 15 is 0 Å². The van der Waals surface area contributed by atoms with Crippen LogP contribution in [0.4, 0.5) is 0 Å². The molecule has 0 unspecified atom stereocenters. The molecule has 0 aliphatic heterocycles. The smallest absolute Gasteiger partial charge is 0.107 e. The van der Waals surface area contributed by atoms with Gasteiger partial charge in [0.1, 0.15) is 6.61 Å². The Balaban J connectivity index is 2.96. The molecular formula is C12H22O. The van der Waals surface area contributed by atoms with Gasteiger partial charge in [-0.3, -0.25) is 0 Å². The molecule has 0 heterocycles. The predicted molar refractivity (Wildman–Crippen MR) is 57.6 cm³/mol. The number of unbranched alkanes of at least 4 members (excludes halogenated alkanes) is 4. The average molecular weight is 182 g/mol. The van der Waals surface area contributed by atoms with Gasteiger partial charge < -0.3 is 4.74 Å². The van der Waals surface area contributed by atoms with E-state index in [1.807, 2.05) is 0 Å². The standard InChI is InChI=1S/C12H22O/c1-3-5-7-9-11-13-12-10-8-6-4-2/h3-7,9,11-12H2,1-2H3. The maximum Gasteiger partial charge on any atom is 0.107 e. The molecule has 0 amide bonds. The van der Waals surface area contributed by atoms with Crippen LogP contribution >= 0.6 is 0 Å². The van der Waals surface area contributed by atoms with Crippen molar-refractivity contribution in [3.63, 3.8) is 0 Å². The first-order valence-corrected chi connectivity index (χ1v) is 5.45. The van der Waals surface area contributed by atoms with Crippen molar-refractivity contribution in [2.45, 2.75) is 52.4 Å². The molecule has 0 bridgehead atoms. The summed E-state index contributed by atoms with van der Waals surface area (Å²) in [6.07, 6.45) is 7.23. The van der Waals surface area contributed by atoms with Crippen molar-refractivity contribution >= 4 is 0 Å². The van der Waals surface area contributed by atoms with Crippen molar-refractivity contribution in [2.24, 2.45) is 0 Å². The van der Waals surface area contributed by atoms with Crippen molar-refractivity contribution in [2.75, 3.05) is 13.2 Å². The molecule has 13 heavy (non-hydrogen) atoms. The number of rotatable bonds is 7. The third kappa shape index (κ3) is 11.5. The number of ether oxygens (including phenoxy) is 1. The van der Waals surface area contributed by atoms with Gasteiger partial charge in [0, 0.05) is 13.0 Å². The lowest BCUT2D eigenvalue weighted by atomic mass is 10.2. The quantitative estimate of drug-likeness (QED) is 0.433. The molecule has 76 valence electrons. The monoisotopic (exact) mass is 182 g/mol. The summed E-state index contributed by atoms with van der Waals surface area (Å²) < 4.78 is 5.35. The van der Waals surface area contributed by atoms with Gasteiger partial charge in [-0.15, -0.1) is 5.92 Å². The minimum Gasteiger partial charge on any atom is -0.369 e. The fourth-order valence-corrected chi connectivity index (χ4v) is 1.02. The first-order chi connectivity index (χ1) is 6.41. The first-order valence-electron chi connectivity index (χ1n) is 5.45. The average Bonchev–Trinajstić information content (AvgIpc) is 2.16. The highest BCUT2D eigenvalue weighted by atomic mass is 16.5. The van der Waals surface area contributed by atoms with Crippen LogP contribution in [-0.4, -0.2) is 13.2 Å². The van der Waals surface area contributed by atoms with Crippen molar-refractivity contribution in [3.05, 3.63) is 0 Å². The second-order valence-electron chi connectivity index (χ2n) is 3.22. The van der Waals surface area contributed by atoms with Crippen molar-refractivity contribution < 1.29 is 4.74 Å². The van der Waals surface area contributed by atoms with Gasteiger partial charge in [-0.05, 0) is 12.8 Å². The van der Waals surface area contributed by atoms with E-state index in [2.05, 4.69) is 25.7 Å². The highest BCUT2D eigenvalue weighted by Crippen LogP contribution is 1.98. The van der Waals surface area contributed by atoms with Crippen LogP contribution in [0.1, 0.15) is 52.4 Å². The van der Waals surface area contributed by atoms with Gasteiger partial charge >= 0.3 is 0 Å². The largest absolute Gasteiger partial charge is 0.369 e. The van der Waals surface area contributed by atoms with Crippen molar-refractivity contribution in [3.8, 4) is 11.8 Å². The molecule has 0 aromatic carbocycles. The lowest BCUT2D eigenvalue weighted by Crippen LogP contribution is -1.94. The minimum atomic E-state index is 0.617. The Hall–Kier alpha value is -0.480. The van der Waals surface area contributed by atoms with Gasteiger partial charge in [0.05, 0.1) is 0 Å². The molecule has 0 fully saturated rings. The van der Waals surface area contributed by atoms with Crippen molar-refractivity contribution in [1.29, 1.82) is 0 Å². The Morgan fingerprint density at radius 2 is 1.77 bits per heavy atom. The molecule has 0 rings (SSSR count). The summed E-state index contributed by atoms with van der Waals surface area (Å²) in [4.78, 5) is 0. The molecule has 0 saturated carbocycles. The van der Waals surface area contributed by atoms with E-state index in [4.69, 9.17) is 4.74 Å². The molecular weight excluding hydrogens is 160 g/mol. The van der Waals surface area contributed by atoms with E-state index in [-0.39, 0.29) is 0 Å². The molecule has 1 heteroatoms. The summed E-state index contributed by atoms with van der Waals surface area (Å²) in [6, 6.07) is 0. The van der Waals surface area contributed by atoms with Crippen LogP contribution in [0.2, 0.25) is 0 Å². The van der Waals surface area contributed by atoms with E-state index in [0.717, 1.165) is 19.4 Å². The Morgan fingerprint density at radius 1 is 0.923 bits per heavy atom. The maximum atomic E-state index is 5.35. The molecule has 0 N–H and O–H groups in total. The second-order valence-corrected chi connectivity index (χ2v) is 3.22. The fourth-order valence-electron chi connectivity index (χ4n) is 1.02. The maximum absolute atomic E-state index is 5.35. The van der Waals surface area contributed by atoms with Crippen LogP contribution in [0, 0.1) is 11.8 Å². The highest BCUT2D eigenvalue weighted by Gasteiger charge is 1.86. The van der Waals surface area contributed by atoms with Gasteiger partial charge in [0.2, 0.25) is 0 Å². The molecule has 0 spiro atoms. The second kappa shape index (κ2) is 11.5. The zero-order valence-electron chi connectivity index (χ0n) is 9.07. The Bertz CT molecular complexity index is 141. The normalized spacial score (nSPS) is 9.38. The van der Waals surface area contributed by atoms with E-state index < -0.39 is 0 Å². The van der Waals surface area contributed by atoms with Crippen LogP contribution in [0.25, 0.3) is 0 Å². The molecule has 0 aromatic heterocycles. The zero-order chi connectivity index (χ0) is 9.78. The van der Waals surface area contributed by atoms with Gasteiger partial charge in [0.25, 0.3) is 0 Å². The summed E-state index contributed by atoms with van der Waals surface area (Å²) in [7, 11) is 0. The summed E-state index contributed by atoms with van der Waals surface area (Å²) in [5.74, 6) is 6.07. The summed E-state index contributed by atoms with van der Waals surface area (Å²) in [5.41, 5.74) is 0. The summed E-state index contributed by atoms with van der Waals surface area (Å²) in [5, 5.41) is 0. The highest BCUT2D eigenvalue weighted by molar-refractivity contribution is 4.98. The van der Waals surface area contributed by atoms with Crippen LogP contribution in [-0.2, 0) is 4.74 Å². The van der Waals surface area contributed by atoms with Gasteiger partial charge in [-0.1, -0.05) is 39.0 Å². The van der Waals surface area contributed by atoms with Crippen LogP contribution in [0.5, 0.6) is 0 Å². The van der Waals surface area contributed by atoms with Gasteiger partial charge in [-0.25, -0.2) is 0 Å². The molecule has 0 saturated heterocycles. The van der Waals surface area contributed by atoms with Crippen LogP contribution < -0.4 is 0 Å². The molecule has 1 nitrogen and oxygen atoms in total. The predicted octanol–water partition coefficient (Wildman–Crippen LogP) is 3.39. The lowest BCUT2D eigenvalue weighted by molar-refractivity contribution is 0.162. The SMILES string of the molecule is CCCC#CCOCCCCCC. The van der Waals surface area contributed by atoms with Gasteiger partial charge in [0.15, 0.2) is 0 Å². The fraction of sp³-hybridized carbons (Fsp3) is 0.833. The molecule has 0 aromatic rings. The Kier molecular flexibility index (Phi) is 11.1. The Labute approximate surface area is 82.9 Å². The number of hydrogen-bond donors (Lipinski definition) is 0. The van der Waals surface area contributed by atoms with Crippen LogP contribution in [0.15, 0.2) is 0 Å². The van der Waals surface area contributed by atoms with E-state index in [1.54, 1.807) is 0 Å². The topological polar surface area (TPSA) is 9.23 Å². The Morgan fingerprint density at radius 3 is 2.46 bits per heavy atom. The van der Waals surface area contributed by atoms with Crippen molar-refractivity contribution in [1.82, 2.24) is 0 Å². The van der Waals surface area contributed by atoms with Crippen LogP contribution in [0.3, 0.4) is 0 Å². The summed E-state index contributed by atoms with van der Waals surface area (Å²) >= 11 is 0. The summed E-state index contributed by atoms with van der Waals surface area (Å²) in [6.45, 7) is 5.85. The van der Waals surface area contributed by atoms with E-state index in [0.29, 0.717) is 6.61 Å². The van der Waals surface area contributed by atoms with E-state index in [1.165, 1.54) is 25.7 Å². The third-order valence-corrected chi connectivity index (χ3v) is 1.82. The lowest BCUT2D eigenvalue weighted by Gasteiger charge is -1.98. The third-order valence-electron chi connectivity index (χ3n) is 1.82.